The van der Waals surface area contributed by atoms with E-state index in [-0.39, 0.29) is 11.6 Å². The molecule has 0 saturated heterocycles. The lowest BCUT2D eigenvalue weighted by atomic mass is 10.1. The van der Waals surface area contributed by atoms with E-state index in [2.05, 4.69) is 5.32 Å². The topological polar surface area (TPSA) is 72.2 Å². The molecule has 100 valence electrons. The molecule has 1 aromatic carbocycles. The molecule has 0 bridgehead atoms. The number of fused-ring (bicyclic) bond motifs is 1. The Labute approximate surface area is 118 Å². The van der Waals surface area contributed by atoms with Crippen molar-refractivity contribution in [2.24, 2.45) is 0 Å². The van der Waals surface area contributed by atoms with Crippen LogP contribution < -0.4 is 5.32 Å². The Balaban J connectivity index is 2.10. The highest BCUT2D eigenvalue weighted by Gasteiger charge is 2.26. The van der Waals surface area contributed by atoms with E-state index in [1.165, 1.54) is 12.1 Å². The molecule has 3 rings (SSSR count). The van der Waals surface area contributed by atoms with Crippen LogP contribution in [0.5, 0.6) is 0 Å². The number of carbonyl (C=O) groups is 1. The summed E-state index contributed by atoms with van der Waals surface area (Å²) < 4.78 is 0. The van der Waals surface area contributed by atoms with Gasteiger partial charge in [0.25, 0.3) is 11.6 Å². The molecular formula is C14H10N2O3S. The number of non-ortho nitro benzene ring substituents is 1. The van der Waals surface area contributed by atoms with Crippen LogP contribution in [-0.4, -0.2) is 10.8 Å². The largest absolute Gasteiger partial charge is 0.321 e. The molecule has 0 radical (unpaired) electrons. The van der Waals surface area contributed by atoms with E-state index in [9.17, 15) is 14.9 Å². The number of hydrogen-bond donors (Lipinski definition) is 1. The molecule has 0 atom stereocenters. The molecule has 0 fully saturated rings. The van der Waals surface area contributed by atoms with Gasteiger partial charge in [0.1, 0.15) is 0 Å². The van der Waals surface area contributed by atoms with Crippen molar-refractivity contribution in [2.75, 3.05) is 5.32 Å². The molecule has 0 spiro atoms. The summed E-state index contributed by atoms with van der Waals surface area (Å²) in [5, 5.41) is 13.5. The van der Waals surface area contributed by atoms with Gasteiger partial charge in [-0.05, 0) is 31.2 Å². The van der Waals surface area contributed by atoms with Crippen molar-refractivity contribution < 1.29 is 9.72 Å². The van der Waals surface area contributed by atoms with Crippen molar-refractivity contribution in [1.82, 2.24) is 0 Å². The predicted octanol–water partition coefficient (Wildman–Crippen LogP) is 3.46. The Morgan fingerprint density at radius 2 is 2.10 bits per heavy atom. The highest BCUT2D eigenvalue weighted by Crippen LogP contribution is 2.36. The van der Waals surface area contributed by atoms with Gasteiger partial charge < -0.3 is 5.32 Å². The van der Waals surface area contributed by atoms with E-state index in [4.69, 9.17) is 0 Å². The van der Waals surface area contributed by atoms with Gasteiger partial charge in [0.15, 0.2) is 0 Å². The number of nitro benzene ring substituents is 1. The van der Waals surface area contributed by atoms with Gasteiger partial charge in [-0.2, -0.15) is 0 Å². The number of amides is 1. The first-order valence-electron chi connectivity index (χ1n) is 5.93. The molecule has 5 nitrogen and oxygen atoms in total. The monoisotopic (exact) mass is 286 g/mol. The van der Waals surface area contributed by atoms with Crippen LogP contribution in [-0.2, 0) is 4.79 Å². The van der Waals surface area contributed by atoms with Crippen molar-refractivity contribution in [3.8, 4) is 0 Å². The first-order valence-corrected chi connectivity index (χ1v) is 6.74. The van der Waals surface area contributed by atoms with E-state index in [0.717, 1.165) is 9.75 Å². The number of rotatable bonds is 2. The number of nitrogens with one attached hydrogen (secondary N) is 1. The summed E-state index contributed by atoms with van der Waals surface area (Å²) in [7, 11) is 0. The number of thiophene rings is 1. The quantitative estimate of drug-likeness (QED) is 0.522. The van der Waals surface area contributed by atoms with Crippen molar-refractivity contribution in [3.63, 3.8) is 0 Å². The van der Waals surface area contributed by atoms with Crippen LogP contribution in [0.25, 0.3) is 11.6 Å². The zero-order chi connectivity index (χ0) is 14.3. The summed E-state index contributed by atoms with van der Waals surface area (Å²) >= 11 is 1.57. The summed E-state index contributed by atoms with van der Waals surface area (Å²) in [5.74, 6) is -0.230. The third kappa shape index (κ3) is 2.10. The van der Waals surface area contributed by atoms with E-state index in [0.29, 0.717) is 16.8 Å². The maximum Gasteiger partial charge on any atom is 0.270 e. The van der Waals surface area contributed by atoms with Crippen LogP contribution >= 0.6 is 11.3 Å². The molecule has 1 amide bonds. The van der Waals surface area contributed by atoms with Gasteiger partial charge in [-0.15, -0.1) is 11.3 Å². The Morgan fingerprint density at radius 3 is 2.75 bits per heavy atom. The first kappa shape index (κ1) is 12.6. The second kappa shape index (κ2) is 4.57. The highest BCUT2D eigenvalue weighted by atomic mass is 32.1. The third-order valence-corrected chi connectivity index (χ3v) is 3.99. The highest BCUT2D eigenvalue weighted by molar-refractivity contribution is 7.12. The summed E-state index contributed by atoms with van der Waals surface area (Å²) in [4.78, 5) is 24.4. The first-order chi connectivity index (χ1) is 9.54. The number of hydrogen-bond acceptors (Lipinski definition) is 4. The number of nitro groups is 1. The lowest BCUT2D eigenvalue weighted by Crippen LogP contribution is -2.03. The minimum atomic E-state index is -0.462. The number of aryl methyl sites for hydroxylation is 1. The van der Waals surface area contributed by atoms with Crippen LogP contribution in [0.15, 0.2) is 30.3 Å². The molecule has 0 unspecified atom stereocenters. The van der Waals surface area contributed by atoms with Crippen LogP contribution in [0, 0.1) is 17.0 Å². The van der Waals surface area contributed by atoms with Gasteiger partial charge in [0.05, 0.1) is 10.5 Å². The summed E-state index contributed by atoms with van der Waals surface area (Å²) in [6.07, 6.45) is 1.77. The minimum Gasteiger partial charge on any atom is -0.321 e. The molecule has 1 aliphatic rings. The number of carbonyl (C=O) groups excluding carboxylic acids is 1. The molecule has 1 aromatic heterocycles. The normalized spacial score (nSPS) is 15.2. The Kier molecular flexibility index (Phi) is 2.87. The van der Waals surface area contributed by atoms with Crippen molar-refractivity contribution in [2.45, 2.75) is 6.92 Å². The smallest absolute Gasteiger partial charge is 0.270 e. The lowest BCUT2D eigenvalue weighted by molar-refractivity contribution is -0.384. The van der Waals surface area contributed by atoms with Gasteiger partial charge in [-0.1, -0.05) is 0 Å². The summed E-state index contributed by atoms with van der Waals surface area (Å²) in [5.41, 5.74) is 1.63. The molecule has 20 heavy (non-hydrogen) atoms. The van der Waals surface area contributed by atoms with Gasteiger partial charge in [0.2, 0.25) is 0 Å². The van der Waals surface area contributed by atoms with Crippen LogP contribution in [0.2, 0.25) is 0 Å². The predicted molar refractivity (Wildman–Crippen MR) is 78.7 cm³/mol. The Hall–Kier alpha value is -2.47. The second-order valence-corrected chi connectivity index (χ2v) is 5.77. The van der Waals surface area contributed by atoms with Gasteiger partial charge in [-0.3, -0.25) is 14.9 Å². The molecule has 0 aliphatic carbocycles. The van der Waals surface area contributed by atoms with E-state index < -0.39 is 4.92 Å². The van der Waals surface area contributed by atoms with E-state index >= 15 is 0 Å². The molecule has 0 saturated carbocycles. The third-order valence-electron chi connectivity index (χ3n) is 3.04. The second-order valence-electron chi connectivity index (χ2n) is 4.45. The maximum absolute atomic E-state index is 12.0. The molecule has 1 aliphatic heterocycles. The average Bonchev–Trinajstić information content (AvgIpc) is 2.94. The van der Waals surface area contributed by atoms with Gasteiger partial charge in [-0.25, -0.2) is 0 Å². The molecule has 1 N–H and O–H groups in total. The molecule has 2 aromatic rings. The summed E-state index contributed by atoms with van der Waals surface area (Å²) in [6.45, 7) is 1.99. The SMILES string of the molecule is Cc1ccc(C=C2C(=O)Nc3ccc([N+](=O)[O-])cc32)s1. The minimum absolute atomic E-state index is 0.0199. The fourth-order valence-corrected chi connectivity index (χ4v) is 2.93. The van der Waals surface area contributed by atoms with Crippen LogP contribution in [0.1, 0.15) is 15.3 Å². The van der Waals surface area contributed by atoms with Gasteiger partial charge >= 0.3 is 0 Å². The van der Waals surface area contributed by atoms with E-state index in [1.807, 2.05) is 19.1 Å². The van der Waals surface area contributed by atoms with E-state index in [1.54, 1.807) is 23.5 Å². The Morgan fingerprint density at radius 1 is 1.30 bits per heavy atom. The fraction of sp³-hybridized carbons (Fsp3) is 0.0714. The van der Waals surface area contributed by atoms with Crippen molar-refractivity contribution >= 4 is 40.3 Å². The Bertz CT molecular complexity index is 762. The van der Waals surface area contributed by atoms with Crippen molar-refractivity contribution in [1.29, 1.82) is 0 Å². The average molecular weight is 286 g/mol. The maximum atomic E-state index is 12.0. The molecule has 2 heterocycles. The number of anilines is 1. The van der Waals surface area contributed by atoms with Gasteiger partial charge in [0, 0.05) is 33.1 Å². The summed E-state index contributed by atoms with van der Waals surface area (Å²) in [6, 6.07) is 8.27. The van der Waals surface area contributed by atoms with Crippen LogP contribution in [0.3, 0.4) is 0 Å². The lowest BCUT2D eigenvalue weighted by Gasteiger charge is -1.98. The van der Waals surface area contributed by atoms with Crippen LogP contribution in [0.4, 0.5) is 11.4 Å². The zero-order valence-electron chi connectivity index (χ0n) is 10.5. The zero-order valence-corrected chi connectivity index (χ0v) is 11.4. The standard InChI is InChI=1S/C14H10N2O3S/c1-8-2-4-10(20-8)7-12-11-6-9(16(18)19)3-5-13(11)15-14(12)17/h2-7H,1H3,(H,15,17). The fourth-order valence-electron chi connectivity index (χ4n) is 2.11. The number of nitrogens with zero attached hydrogens (tertiary/aromatic N) is 1. The molecule has 6 heteroatoms. The molecular weight excluding hydrogens is 276 g/mol. The number of benzene rings is 1. The van der Waals surface area contributed by atoms with Crippen molar-refractivity contribution in [3.05, 3.63) is 55.8 Å².